The molecule has 0 unspecified atom stereocenters. The highest BCUT2D eigenvalue weighted by atomic mass is 16.1. The van der Waals surface area contributed by atoms with Gasteiger partial charge in [0.1, 0.15) is 0 Å². The summed E-state index contributed by atoms with van der Waals surface area (Å²) in [6, 6.07) is 28.3. The Morgan fingerprint density at radius 3 is 1.89 bits per heavy atom. The lowest BCUT2D eigenvalue weighted by molar-refractivity contribution is 0.0946. The average molecular weight is 355 g/mol. The number of aryl methyl sites for hydroxylation is 1. The Labute approximate surface area is 161 Å². The summed E-state index contributed by atoms with van der Waals surface area (Å²) < 4.78 is 0. The van der Waals surface area contributed by atoms with E-state index in [4.69, 9.17) is 0 Å². The smallest absolute Gasteiger partial charge is 0.251 e. The van der Waals surface area contributed by atoms with Crippen molar-refractivity contribution in [2.75, 3.05) is 6.54 Å². The second-order valence-corrected chi connectivity index (χ2v) is 6.86. The fourth-order valence-electron chi connectivity index (χ4n) is 3.48. The Morgan fingerprint density at radius 2 is 1.41 bits per heavy atom. The van der Waals surface area contributed by atoms with Crippen LogP contribution in [0.2, 0.25) is 0 Å². The van der Waals surface area contributed by atoms with E-state index in [1.165, 1.54) is 11.1 Å². The molecule has 3 aromatic carbocycles. The second kappa shape index (κ2) is 8.50. The van der Waals surface area contributed by atoms with Gasteiger partial charge in [0.05, 0.1) is 0 Å². The lowest BCUT2D eigenvalue weighted by Gasteiger charge is -2.34. The van der Waals surface area contributed by atoms with Crippen LogP contribution in [0, 0.1) is 6.92 Å². The third-order valence-electron chi connectivity index (χ3n) is 5.01. The quantitative estimate of drug-likeness (QED) is 0.574. The normalized spacial score (nSPS) is 11.0. The van der Waals surface area contributed by atoms with Crippen molar-refractivity contribution in [2.45, 2.75) is 18.8 Å². The van der Waals surface area contributed by atoms with Gasteiger partial charge in [0.2, 0.25) is 0 Å². The van der Waals surface area contributed by atoms with Gasteiger partial charge in [0.25, 0.3) is 5.91 Å². The van der Waals surface area contributed by atoms with Crippen molar-refractivity contribution in [3.63, 3.8) is 0 Å². The van der Waals surface area contributed by atoms with Gasteiger partial charge in [0, 0.05) is 17.5 Å². The molecule has 1 amide bonds. The van der Waals surface area contributed by atoms with Crippen LogP contribution in [0.3, 0.4) is 0 Å². The number of hydrogen-bond acceptors (Lipinski definition) is 1. The summed E-state index contributed by atoms with van der Waals surface area (Å²) in [5.74, 6) is -0.0599. The molecule has 3 rings (SSSR count). The molecule has 0 heterocycles. The lowest BCUT2D eigenvalue weighted by atomic mass is 9.72. The van der Waals surface area contributed by atoms with Gasteiger partial charge in [-0.1, -0.05) is 84.4 Å². The van der Waals surface area contributed by atoms with Gasteiger partial charge < -0.3 is 5.32 Å². The number of carbonyl (C=O) groups excluding carboxylic acids is 1. The van der Waals surface area contributed by atoms with Crippen LogP contribution in [0.1, 0.15) is 33.5 Å². The Bertz CT molecular complexity index is 843. The summed E-state index contributed by atoms with van der Waals surface area (Å²) in [7, 11) is 0. The number of rotatable bonds is 7. The number of carbonyl (C=O) groups is 1. The van der Waals surface area contributed by atoms with E-state index in [9.17, 15) is 4.79 Å². The summed E-state index contributed by atoms with van der Waals surface area (Å²) in [6.45, 7) is 6.49. The van der Waals surface area contributed by atoms with E-state index in [0.29, 0.717) is 12.1 Å². The Morgan fingerprint density at radius 1 is 0.889 bits per heavy atom. The van der Waals surface area contributed by atoms with E-state index >= 15 is 0 Å². The van der Waals surface area contributed by atoms with Crippen LogP contribution >= 0.6 is 0 Å². The van der Waals surface area contributed by atoms with Crippen LogP contribution in [0.5, 0.6) is 0 Å². The zero-order valence-corrected chi connectivity index (χ0v) is 15.7. The lowest BCUT2D eigenvalue weighted by Crippen LogP contribution is -2.41. The van der Waals surface area contributed by atoms with Crippen LogP contribution in [0.25, 0.3) is 0 Å². The minimum atomic E-state index is -0.357. The molecule has 0 saturated heterocycles. The topological polar surface area (TPSA) is 29.1 Å². The number of amides is 1. The van der Waals surface area contributed by atoms with Crippen LogP contribution in [-0.2, 0) is 5.41 Å². The average Bonchev–Trinajstić information content (AvgIpc) is 2.73. The van der Waals surface area contributed by atoms with Gasteiger partial charge in [-0.2, -0.15) is 0 Å². The summed E-state index contributed by atoms with van der Waals surface area (Å²) in [5, 5.41) is 3.15. The van der Waals surface area contributed by atoms with E-state index in [1.54, 1.807) is 0 Å². The molecule has 0 aliphatic carbocycles. The van der Waals surface area contributed by atoms with Gasteiger partial charge in [0.15, 0.2) is 0 Å². The molecule has 27 heavy (non-hydrogen) atoms. The molecule has 0 atom stereocenters. The van der Waals surface area contributed by atoms with Crippen molar-refractivity contribution >= 4 is 5.91 Å². The third-order valence-corrected chi connectivity index (χ3v) is 5.01. The largest absolute Gasteiger partial charge is 0.351 e. The summed E-state index contributed by atoms with van der Waals surface area (Å²) in [5.41, 5.74) is 3.79. The first kappa shape index (κ1) is 18.7. The molecule has 0 radical (unpaired) electrons. The molecule has 0 spiro atoms. The maximum atomic E-state index is 12.7. The van der Waals surface area contributed by atoms with Gasteiger partial charge >= 0.3 is 0 Å². The predicted octanol–water partition coefficient (Wildman–Crippen LogP) is 5.29. The zero-order chi connectivity index (χ0) is 19.1. The van der Waals surface area contributed by atoms with Crippen molar-refractivity contribution in [3.8, 4) is 0 Å². The minimum absolute atomic E-state index is 0.0599. The molecule has 1 N–H and O–H groups in total. The molecule has 0 aliphatic rings. The Balaban J connectivity index is 1.95. The van der Waals surface area contributed by atoms with Gasteiger partial charge in [-0.15, -0.1) is 6.58 Å². The maximum Gasteiger partial charge on any atom is 0.251 e. The van der Waals surface area contributed by atoms with E-state index < -0.39 is 0 Å². The van der Waals surface area contributed by atoms with Crippen LogP contribution in [0.4, 0.5) is 0 Å². The monoisotopic (exact) mass is 355 g/mol. The second-order valence-electron chi connectivity index (χ2n) is 6.86. The van der Waals surface area contributed by atoms with Gasteiger partial charge in [-0.3, -0.25) is 4.79 Å². The Kier molecular flexibility index (Phi) is 5.87. The zero-order valence-electron chi connectivity index (χ0n) is 15.7. The Hall–Kier alpha value is -3.13. The molecule has 0 aromatic heterocycles. The number of hydrogen-bond donors (Lipinski definition) is 1. The highest BCUT2D eigenvalue weighted by Crippen LogP contribution is 2.35. The summed E-state index contributed by atoms with van der Waals surface area (Å²) >= 11 is 0. The summed E-state index contributed by atoms with van der Waals surface area (Å²) in [4.78, 5) is 12.7. The predicted molar refractivity (Wildman–Crippen MR) is 112 cm³/mol. The third kappa shape index (κ3) is 4.17. The molecular formula is C25H25NO. The summed E-state index contributed by atoms with van der Waals surface area (Å²) in [6.07, 6.45) is 2.66. The highest BCUT2D eigenvalue weighted by Gasteiger charge is 2.33. The number of benzene rings is 3. The molecule has 0 fully saturated rings. The number of nitrogens with one attached hydrogen (secondary N) is 1. The van der Waals surface area contributed by atoms with Gasteiger partial charge in [-0.25, -0.2) is 0 Å². The van der Waals surface area contributed by atoms with Crippen molar-refractivity contribution in [1.82, 2.24) is 5.32 Å². The van der Waals surface area contributed by atoms with Crippen LogP contribution in [0.15, 0.2) is 97.6 Å². The molecule has 136 valence electrons. The molecule has 2 nitrogen and oxygen atoms in total. The maximum absolute atomic E-state index is 12.7. The van der Waals surface area contributed by atoms with Crippen molar-refractivity contribution in [3.05, 3.63) is 120 Å². The SMILES string of the molecule is C=CCC(CNC(=O)c1ccc(C)cc1)(c1ccccc1)c1ccccc1. The first-order chi connectivity index (χ1) is 13.2. The fourth-order valence-corrected chi connectivity index (χ4v) is 3.48. The molecule has 3 aromatic rings. The van der Waals surface area contributed by atoms with E-state index in [2.05, 4.69) is 36.2 Å². The minimum Gasteiger partial charge on any atom is -0.351 e. The molecule has 0 aliphatic heterocycles. The van der Waals surface area contributed by atoms with Crippen molar-refractivity contribution in [2.24, 2.45) is 0 Å². The first-order valence-corrected chi connectivity index (χ1v) is 9.22. The molecule has 0 bridgehead atoms. The van der Waals surface area contributed by atoms with E-state index in [0.717, 1.165) is 12.0 Å². The first-order valence-electron chi connectivity index (χ1n) is 9.22. The fraction of sp³-hybridized carbons (Fsp3) is 0.160. The van der Waals surface area contributed by atoms with E-state index in [-0.39, 0.29) is 11.3 Å². The molecule has 2 heteroatoms. The number of allylic oxidation sites excluding steroid dienone is 1. The standard InChI is InChI=1S/C25H25NO/c1-3-18-25(22-10-6-4-7-11-22,23-12-8-5-9-13-23)19-26-24(27)21-16-14-20(2)15-17-21/h3-17H,1,18-19H2,2H3,(H,26,27). The van der Waals surface area contributed by atoms with Crippen molar-refractivity contribution in [1.29, 1.82) is 0 Å². The highest BCUT2D eigenvalue weighted by molar-refractivity contribution is 5.94. The van der Waals surface area contributed by atoms with Crippen LogP contribution < -0.4 is 5.32 Å². The van der Waals surface area contributed by atoms with Crippen LogP contribution in [-0.4, -0.2) is 12.5 Å². The molecule has 0 saturated carbocycles. The molecular weight excluding hydrogens is 330 g/mol. The van der Waals surface area contributed by atoms with Gasteiger partial charge in [-0.05, 0) is 36.6 Å². The van der Waals surface area contributed by atoms with E-state index in [1.807, 2.05) is 73.7 Å². The van der Waals surface area contributed by atoms with Crippen molar-refractivity contribution < 1.29 is 4.79 Å².